The Morgan fingerprint density at radius 2 is 1.72 bits per heavy atom. The normalized spacial score (nSPS) is 14.4. The largest absolute Gasteiger partial charge is 0.493 e. The van der Waals surface area contributed by atoms with E-state index in [9.17, 15) is 14.3 Å². The van der Waals surface area contributed by atoms with Crippen molar-refractivity contribution in [2.75, 3.05) is 31.6 Å². The first-order valence-corrected chi connectivity index (χ1v) is 13.2. The van der Waals surface area contributed by atoms with Crippen LogP contribution in [0.1, 0.15) is 42.6 Å². The molecule has 4 aromatic rings. The van der Waals surface area contributed by atoms with Crippen molar-refractivity contribution in [1.29, 1.82) is 0 Å². The second kappa shape index (κ2) is 11.7. The number of halogens is 1. The smallest absolute Gasteiger partial charge is 0.335 e. The fraction of sp³-hybridized carbons (Fsp3) is 0.333. The van der Waals surface area contributed by atoms with E-state index >= 15 is 0 Å². The Morgan fingerprint density at radius 1 is 1.05 bits per heavy atom. The molecule has 0 unspecified atom stereocenters. The third kappa shape index (κ3) is 6.15. The lowest BCUT2D eigenvalue weighted by atomic mass is 9.99. The van der Waals surface area contributed by atoms with Crippen molar-refractivity contribution in [3.63, 3.8) is 0 Å². The monoisotopic (exact) mass is 533 g/mol. The highest BCUT2D eigenvalue weighted by Gasteiger charge is 2.23. The number of nitrogens with zero attached hydrogens (tertiary/aromatic N) is 2. The number of hydrogen-bond acceptors (Lipinski definition) is 7. The van der Waals surface area contributed by atoms with Crippen LogP contribution in [0.2, 0.25) is 0 Å². The molecule has 1 aliphatic heterocycles. The number of oxazole rings is 1. The van der Waals surface area contributed by atoms with Gasteiger partial charge in [-0.2, -0.15) is 4.98 Å². The van der Waals surface area contributed by atoms with E-state index < -0.39 is 5.97 Å². The van der Waals surface area contributed by atoms with Gasteiger partial charge in [-0.15, -0.1) is 0 Å². The number of aromatic nitrogens is 1. The zero-order valence-electron chi connectivity index (χ0n) is 22.1. The van der Waals surface area contributed by atoms with Gasteiger partial charge in [-0.1, -0.05) is 12.1 Å². The van der Waals surface area contributed by atoms with E-state index in [-0.39, 0.29) is 17.4 Å². The molecule has 1 aromatic heterocycles. The summed E-state index contributed by atoms with van der Waals surface area (Å²) < 4.78 is 31.4. The third-order valence-electron chi connectivity index (χ3n) is 6.81. The first-order valence-electron chi connectivity index (χ1n) is 13.2. The minimum absolute atomic E-state index is 0.182. The number of carboxylic acids is 1. The topological polar surface area (TPSA) is 97.1 Å². The maximum Gasteiger partial charge on any atom is 0.335 e. The van der Waals surface area contributed by atoms with Crippen molar-refractivity contribution in [2.24, 2.45) is 0 Å². The van der Waals surface area contributed by atoms with Crippen LogP contribution in [-0.4, -0.2) is 53.3 Å². The average molecular weight is 534 g/mol. The molecule has 0 saturated carbocycles. The Bertz CT molecular complexity index is 1420. The molecule has 204 valence electrons. The molecule has 9 heteroatoms. The summed E-state index contributed by atoms with van der Waals surface area (Å²) >= 11 is 0. The van der Waals surface area contributed by atoms with Crippen molar-refractivity contribution in [3.8, 4) is 22.6 Å². The van der Waals surface area contributed by atoms with Gasteiger partial charge in [0, 0.05) is 25.7 Å². The van der Waals surface area contributed by atoms with Crippen LogP contribution in [0.5, 0.6) is 11.5 Å². The maximum atomic E-state index is 13.6. The third-order valence-corrected chi connectivity index (χ3v) is 6.81. The van der Waals surface area contributed by atoms with Gasteiger partial charge in [-0.25, -0.2) is 9.18 Å². The molecule has 2 N–H and O–H groups in total. The molecule has 8 nitrogen and oxygen atoms in total. The zero-order chi connectivity index (χ0) is 27.4. The lowest BCUT2D eigenvalue weighted by Crippen LogP contribution is -2.38. The highest BCUT2D eigenvalue weighted by Crippen LogP contribution is 2.40. The second-order valence-corrected chi connectivity index (χ2v) is 9.54. The quantitative estimate of drug-likeness (QED) is 0.249. The summed E-state index contributed by atoms with van der Waals surface area (Å²) in [6, 6.07) is 15.8. The maximum absolute atomic E-state index is 13.6. The number of piperidine rings is 1. The number of rotatable bonds is 10. The van der Waals surface area contributed by atoms with Crippen molar-refractivity contribution in [2.45, 2.75) is 39.3 Å². The van der Waals surface area contributed by atoms with Gasteiger partial charge < -0.3 is 24.3 Å². The minimum Gasteiger partial charge on any atom is -0.493 e. The van der Waals surface area contributed by atoms with E-state index in [1.807, 2.05) is 13.8 Å². The first kappa shape index (κ1) is 26.5. The van der Waals surface area contributed by atoms with Crippen LogP contribution in [0.15, 0.2) is 59.0 Å². The van der Waals surface area contributed by atoms with Crippen LogP contribution in [-0.2, 0) is 6.54 Å². The number of hydrogen-bond donors (Lipinski definition) is 2. The number of carbonyl (C=O) groups is 1. The predicted octanol–water partition coefficient (Wildman–Crippen LogP) is 6.21. The van der Waals surface area contributed by atoms with Gasteiger partial charge in [0.2, 0.25) is 0 Å². The van der Waals surface area contributed by atoms with E-state index in [0.717, 1.165) is 60.7 Å². The van der Waals surface area contributed by atoms with Gasteiger partial charge in [-0.3, -0.25) is 4.90 Å². The predicted molar refractivity (Wildman–Crippen MR) is 147 cm³/mol. The molecule has 1 aliphatic rings. The average Bonchev–Trinajstić information content (AvgIpc) is 3.32. The van der Waals surface area contributed by atoms with Crippen LogP contribution in [0.4, 0.5) is 10.4 Å². The molecule has 0 amide bonds. The summed E-state index contributed by atoms with van der Waals surface area (Å²) in [6.45, 7) is 7.42. The van der Waals surface area contributed by atoms with Gasteiger partial charge in [0.05, 0.1) is 24.3 Å². The number of aromatic carboxylic acids is 1. The summed E-state index contributed by atoms with van der Waals surface area (Å²) in [4.78, 5) is 18.0. The molecule has 0 atom stereocenters. The Morgan fingerprint density at radius 3 is 2.33 bits per heavy atom. The van der Waals surface area contributed by atoms with Crippen molar-refractivity contribution >= 4 is 23.1 Å². The van der Waals surface area contributed by atoms with Gasteiger partial charge >= 0.3 is 5.97 Å². The number of fused-ring (bicyclic) bond motifs is 1. The van der Waals surface area contributed by atoms with E-state index in [4.69, 9.17) is 13.9 Å². The molecule has 0 bridgehead atoms. The van der Waals surface area contributed by atoms with E-state index in [0.29, 0.717) is 30.3 Å². The molecule has 1 saturated heterocycles. The minimum atomic E-state index is -0.992. The molecule has 39 heavy (non-hydrogen) atoms. The Hall–Kier alpha value is -4.11. The highest BCUT2D eigenvalue weighted by molar-refractivity contribution is 5.92. The van der Waals surface area contributed by atoms with Crippen LogP contribution in [0.25, 0.3) is 22.2 Å². The lowest BCUT2D eigenvalue weighted by Gasteiger charge is -2.32. The van der Waals surface area contributed by atoms with Crippen molar-refractivity contribution < 1.29 is 28.2 Å². The number of likely N-dealkylation sites (tertiary alicyclic amines) is 1. The Kier molecular flexibility index (Phi) is 7.97. The summed E-state index contributed by atoms with van der Waals surface area (Å²) in [7, 11) is 0. The van der Waals surface area contributed by atoms with Crippen LogP contribution in [0.3, 0.4) is 0 Å². The molecule has 5 rings (SSSR count). The van der Waals surface area contributed by atoms with Gasteiger partial charge in [0.25, 0.3) is 6.01 Å². The van der Waals surface area contributed by atoms with Crippen LogP contribution in [0, 0.1) is 5.82 Å². The summed E-state index contributed by atoms with van der Waals surface area (Å²) in [5.41, 5.74) is 4.03. The molecule has 3 aromatic carbocycles. The standard InChI is InChI=1S/C30H32FN3O5/c1-3-37-26-15-19(16-27(38-4-2)28(26)20-5-8-22(31)9-6-20)18-34-13-11-23(12-14-34)32-30-33-24-17-21(29(35)36)7-10-25(24)39-30/h5-10,15-17,23H,3-4,11-14,18H2,1-2H3,(H,32,33)(H,35,36). The number of anilines is 1. The summed E-state index contributed by atoms with van der Waals surface area (Å²) in [6.07, 6.45) is 1.81. The zero-order valence-corrected chi connectivity index (χ0v) is 22.1. The fourth-order valence-corrected chi connectivity index (χ4v) is 4.97. The number of ether oxygens (including phenoxy) is 2. The summed E-state index contributed by atoms with van der Waals surface area (Å²) in [5, 5.41) is 12.6. The highest BCUT2D eigenvalue weighted by atomic mass is 19.1. The molecular weight excluding hydrogens is 501 g/mol. The molecule has 0 aliphatic carbocycles. The summed E-state index contributed by atoms with van der Waals surface area (Å²) in [5.74, 6) is 0.175. The molecule has 0 radical (unpaired) electrons. The molecule has 1 fully saturated rings. The van der Waals surface area contributed by atoms with Gasteiger partial charge in [0.1, 0.15) is 22.8 Å². The number of carboxylic acid groups (broad SMARTS) is 1. The van der Waals surface area contributed by atoms with E-state index in [2.05, 4.69) is 27.3 Å². The molecule has 0 spiro atoms. The first-order chi connectivity index (χ1) is 18.9. The van der Waals surface area contributed by atoms with Gasteiger partial charge in [-0.05, 0) is 80.3 Å². The van der Waals surface area contributed by atoms with Crippen molar-refractivity contribution in [1.82, 2.24) is 9.88 Å². The SMILES string of the molecule is CCOc1cc(CN2CCC(Nc3nc4cc(C(=O)O)ccc4o3)CC2)cc(OCC)c1-c1ccc(F)cc1. The number of nitrogens with one attached hydrogen (secondary N) is 1. The van der Waals surface area contributed by atoms with Crippen molar-refractivity contribution in [3.05, 3.63) is 71.5 Å². The Balaban J connectivity index is 1.26. The lowest BCUT2D eigenvalue weighted by molar-refractivity contribution is 0.0697. The van der Waals surface area contributed by atoms with E-state index in [1.165, 1.54) is 24.3 Å². The Labute approximate surface area is 226 Å². The van der Waals surface area contributed by atoms with Gasteiger partial charge in [0.15, 0.2) is 5.58 Å². The van der Waals surface area contributed by atoms with E-state index in [1.54, 1.807) is 18.2 Å². The van der Waals surface area contributed by atoms with Crippen LogP contribution < -0.4 is 14.8 Å². The molecule has 2 heterocycles. The fourth-order valence-electron chi connectivity index (χ4n) is 4.97. The molecular formula is C30H32FN3O5. The number of benzene rings is 3. The van der Waals surface area contributed by atoms with Crippen LogP contribution >= 0.6 is 0 Å². The second-order valence-electron chi connectivity index (χ2n) is 9.54.